The van der Waals surface area contributed by atoms with Crippen LogP contribution in [0.3, 0.4) is 0 Å². The van der Waals surface area contributed by atoms with Gasteiger partial charge in [0.2, 0.25) is 0 Å². The monoisotopic (exact) mass is 315 g/mol. The van der Waals surface area contributed by atoms with Gasteiger partial charge in [-0.1, -0.05) is 18.2 Å². The van der Waals surface area contributed by atoms with Crippen molar-refractivity contribution in [2.24, 2.45) is 7.05 Å². The average Bonchev–Trinajstić information content (AvgIpc) is 3.11. The molecule has 0 unspecified atom stereocenters. The van der Waals surface area contributed by atoms with Gasteiger partial charge in [0.1, 0.15) is 0 Å². The van der Waals surface area contributed by atoms with E-state index in [1.54, 1.807) is 17.1 Å². The molecule has 1 aliphatic carbocycles. The predicted octanol–water partition coefficient (Wildman–Crippen LogP) is 3.61. The van der Waals surface area contributed by atoms with E-state index in [0.717, 1.165) is 33.5 Å². The quantitative estimate of drug-likeness (QED) is 0.679. The molecular weight excluding hydrogens is 298 g/mol. The van der Waals surface area contributed by atoms with Gasteiger partial charge in [0.25, 0.3) is 0 Å². The van der Waals surface area contributed by atoms with Gasteiger partial charge in [-0.15, -0.1) is 0 Å². The molecule has 0 saturated carbocycles. The van der Waals surface area contributed by atoms with Crippen molar-refractivity contribution in [3.05, 3.63) is 76.7 Å². The molecule has 1 aromatic carbocycles. The van der Waals surface area contributed by atoms with Crippen LogP contribution in [0.2, 0.25) is 0 Å². The van der Waals surface area contributed by atoms with E-state index in [9.17, 15) is 4.79 Å². The highest BCUT2D eigenvalue weighted by atomic mass is 16.1. The van der Waals surface area contributed by atoms with E-state index in [0.29, 0.717) is 6.42 Å². The largest absolute Gasteiger partial charge is 0.289 e. The average molecular weight is 315 g/mol. The second-order valence-electron chi connectivity index (χ2n) is 6.12. The van der Waals surface area contributed by atoms with Crippen molar-refractivity contribution in [1.29, 1.82) is 0 Å². The van der Waals surface area contributed by atoms with Crippen LogP contribution in [0.25, 0.3) is 17.3 Å². The van der Waals surface area contributed by atoms with E-state index in [1.807, 2.05) is 43.6 Å². The Hall–Kier alpha value is -3.01. The number of carbonyl (C=O) groups is 1. The number of allylic oxidation sites excluding steroid dienone is 1. The van der Waals surface area contributed by atoms with Gasteiger partial charge in [-0.25, -0.2) is 0 Å². The molecule has 0 N–H and O–H groups in total. The molecule has 0 atom stereocenters. The number of hydrogen-bond acceptors (Lipinski definition) is 3. The number of aromatic nitrogens is 3. The van der Waals surface area contributed by atoms with Crippen LogP contribution in [0.4, 0.5) is 0 Å². The van der Waals surface area contributed by atoms with Crippen LogP contribution in [0.1, 0.15) is 27.0 Å². The van der Waals surface area contributed by atoms with Crippen molar-refractivity contribution in [3.63, 3.8) is 0 Å². The van der Waals surface area contributed by atoms with Crippen LogP contribution < -0.4 is 0 Å². The number of pyridine rings is 1. The van der Waals surface area contributed by atoms with E-state index >= 15 is 0 Å². The van der Waals surface area contributed by atoms with Gasteiger partial charge in [0.05, 0.1) is 5.69 Å². The third-order valence-corrected chi connectivity index (χ3v) is 4.45. The van der Waals surface area contributed by atoms with Gasteiger partial charge in [0.15, 0.2) is 5.78 Å². The second kappa shape index (κ2) is 5.57. The smallest absolute Gasteiger partial charge is 0.189 e. The molecule has 4 nitrogen and oxygen atoms in total. The summed E-state index contributed by atoms with van der Waals surface area (Å²) in [7, 11) is 1.89. The number of fused-ring (bicyclic) bond motifs is 1. The van der Waals surface area contributed by atoms with Gasteiger partial charge in [-0.2, -0.15) is 5.10 Å². The zero-order valence-electron chi connectivity index (χ0n) is 13.7. The highest BCUT2D eigenvalue weighted by molar-refractivity contribution is 6.16. The van der Waals surface area contributed by atoms with Crippen molar-refractivity contribution in [1.82, 2.24) is 14.8 Å². The van der Waals surface area contributed by atoms with Crippen LogP contribution in [0.5, 0.6) is 0 Å². The molecule has 0 saturated heterocycles. The minimum Gasteiger partial charge on any atom is -0.289 e. The minimum atomic E-state index is 0.123. The summed E-state index contributed by atoms with van der Waals surface area (Å²) in [5.74, 6) is 0.123. The SMILES string of the molecule is Cc1cccc2c1C/C(=C\c1cn(C)nc1-c1ccncc1)C2=O. The second-order valence-corrected chi connectivity index (χ2v) is 6.12. The summed E-state index contributed by atoms with van der Waals surface area (Å²) in [6, 6.07) is 9.78. The number of rotatable bonds is 2. The van der Waals surface area contributed by atoms with Crippen molar-refractivity contribution in [2.45, 2.75) is 13.3 Å². The number of Topliss-reactive ketones (excluding diaryl/α,β-unsaturated/α-hetero) is 1. The van der Waals surface area contributed by atoms with Gasteiger partial charge < -0.3 is 0 Å². The van der Waals surface area contributed by atoms with Gasteiger partial charge in [-0.3, -0.25) is 14.5 Å². The fourth-order valence-corrected chi connectivity index (χ4v) is 3.24. The maximum Gasteiger partial charge on any atom is 0.189 e. The molecular formula is C20H17N3O. The van der Waals surface area contributed by atoms with Crippen LogP contribution >= 0.6 is 0 Å². The number of hydrogen-bond donors (Lipinski definition) is 0. The molecule has 0 bridgehead atoms. The molecule has 0 aliphatic heterocycles. The first kappa shape index (κ1) is 14.6. The molecule has 0 fully saturated rings. The zero-order chi connectivity index (χ0) is 16.7. The maximum atomic E-state index is 12.7. The molecule has 1 aliphatic rings. The van der Waals surface area contributed by atoms with E-state index < -0.39 is 0 Å². The lowest BCUT2D eigenvalue weighted by atomic mass is 10.0. The van der Waals surface area contributed by atoms with E-state index in [2.05, 4.69) is 23.1 Å². The third-order valence-electron chi connectivity index (χ3n) is 4.45. The number of ketones is 1. The highest BCUT2D eigenvalue weighted by Crippen LogP contribution is 2.31. The first-order valence-corrected chi connectivity index (χ1v) is 7.91. The molecule has 4 rings (SSSR count). The summed E-state index contributed by atoms with van der Waals surface area (Å²) >= 11 is 0. The van der Waals surface area contributed by atoms with E-state index in [1.165, 1.54) is 5.56 Å². The van der Waals surface area contributed by atoms with Gasteiger partial charge in [0, 0.05) is 54.3 Å². The summed E-state index contributed by atoms with van der Waals surface area (Å²) < 4.78 is 1.78. The third kappa shape index (κ3) is 2.36. The van der Waals surface area contributed by atoms with Gasteiger partial charge in [-0.05, 0) is 36.3 Å². The molecule has 118 valence electrons. The van der Waals surface area contributed by atoms with Crippen molar-refractivity contribution >= 4 is 11.9 Å². The Morgan fingerprint density at radius 3 is 2.71 bits per heavy atom. The zero-order valence-corrected chi connectivity index (χ0v) is 13.7. The summed E-state index contributed by atoms with van der Waals surface area (Å²) in [6.07, 6.45) is 8.11. The number of aryl methyl sites for hydroxylation is 2. The van der Waals surface area contributed by atoms with Crippen LogP contribution in [-0.2, 0) is 13.5 Å². The molecule has 2 heterocycles. The first-order chi connectivity index (χ1) is 11.6. The molecule has 4 heteroatoms. The Bertz CT molecular complexity index is 968. The Morgan fingerprint density at radius 1 is 1.17 bits per heavy atom. The summed E-state index contributed by atoms with van der Waals surface area (Å²) in [4.78, 5) is 16.8. The highest BCUT2D eigenvalue weighted by Gasteiger charge is 2.26. The van der Waals surface area contributed by atoms with Crippen molar-refractivity contribution < 1.29 is 4.79 Å². The standard InChI is InChI=1S/C20H17N3O/c1-13-4-3-5-17-18(13)11-15(20(17)24)10-16-12-23(2)22-19(16)14-6-8-21-9-7-14/h3-10,12H,11H2,1-2H3/b15-10+. The molecule has 3 aromatic rings. The molecule has 0 spiro atoms. The number of benzene rings is 1. The van der Waals surface area contributed by atoms with E-state index in [4.69, 9.17) is 0 Å². The predicted molar refractivity (Wildman–Crippen MR) is 93.6 cm³/mol. The fourth-order valence-electron chi connectivity index (χ4n) is 3.24. The lowest BCUT2D eigenvalue weighted by molar-refractivity contribution is 0.104. The minimum absolute atomic E-state index is 0.123. The Labute approximate surface area is 140 Å². The Balaban J connectivity index is 1.79. The molecule has 0 amide bonds. The van der Waals surface area contributed by atoms with E-state index in [-0.39, 0.29) is 5.78 Å². The summed E-state index contributed by atoms with van der Waals surface area (Å²) in [5.41, 5.74) is 6.79. The fraction of sp³-hybridized carbons (Fsp3) is 0.150. The van der Waals surface area contributed by atoms with Crippen LogP contribution in [-0.4, -0.2) is 20.5 Å². The van der Waals surface area contributed by atoms with Crippen molar-refractivity contribution in [2.75, 3.05) is 0 Å². The lowest BCUT2D eigenvalue weighted by Gasteiger charge is -2.00. The number of nitrogens with zero attached hydrogens (tertiary/aromatic N) is 3. The van der Waals surface area contributed by atoms with Gasteiger partial charge >= 0.3 is 0 Å². The first-order valence-electron chi connectivity index (χ1n) is 7.91. The maximum absolute atomic E-state index is 12.7. The Kier molecular flexibility index (Phi) is 3.38. The topological polar surface area (TPSA) is 47.8 Å². The van der Waals surface area contributed by atoms with Crippen LogP contribution in [0, 0.1) is 6.92 Å². The number of carbonyl (C=O) groups excluding carboxylic acids is 1. The summed E-state index contributed by atoms with van der Waals surface area (Å²) in [5, 5.41) is 4.55. The normalized spacial score (nSPS) is 15.1. The summed E-state index contributed by atoms with van der Waals surface area (Å²) in [6.45, 7) is 2.06. The molecule has 24 heavy (non-hydrogen) atoms. The molecule has 2 aromatic heterocycles. The van der Waals surface area contributed by atoms with Crippen molar-refractivity contribution in [3.8, 4) is 11.3 Å². The lowest BCUT2D eigenvalue weighted by Crippen LogP contribution is -1.95. The van der Waals surface area contributed by atoms with Crippen LogP contribution in [0.15, 0.2) is 54.5 Å². The Morgan fingerprint density at radius 2 is 1.96 bits per heavy atom. The molecule has 0 radical (unpaired) electrons.